The zero-order valence-corrected chi connectivity index (χ0v) is 23.2. The molecule has 0 saturated carbocycles. The number of nitrogens with zero attached hydrogens (tertiary/aromatic N) is 2. The van der Waals surface area contributed by atoms with Gasteiger partial charge in [-0.3, -0.25) is 13.9 Å². The second kappa shape index (κ2) is 13.3. The van der Waals surface area contributed by atoms with E-state index in [1.165, 1.54) is 31.2 Å². The molecule has 0 aliphatic carbocycles. The van der Waals surface area contributed by atoms with Crippen LogP contribution in [0.5, 0.6) is 5.75 Å². The number of sulfonamides is 1. The van der Waals surface area contributed by atoms with Gasteiger partial charge in [-0.2, -0.15) is 0 Å². The van der Waals surface area contributed by atoms with Gasteiger partial charge in [-0.05, 0) is 66.9 Å². The highest BCUT2D eigenvalue weighted by Crippen LogP contribution is 2.27. The van der Waals surface area contributed by atoms with Crippen molar-refractivity contribution in [2.75, 3.05) is 31.6 Å². The van der Waals surface area contributed by atoms with E-state index in [-0.39, 0.29) is 23.0 Å². The number of likely N-dealkylation sites (N-methyl/N-ethyl adjacent to an activating group) is 1. The number of benzene rings is 3. The van der Waals surface area contributed by atoms with E-state index in [1.807, 2.05) is 37.3 Å². The number of nitrogens with one attached hydrogen (secondary N) is 1. The number of hydrogen-bond donors (Lipinski definition) is 1. The van der Waals surface area contributed by atoms with Crippen molar-refractivity contribution in [2.45, 2.75) is 30.7 Å². The summed E-state index contributed by atoms with van der Waals surface area (Å²) in [5, 5.41) is 3.04. The Labute approximate surface area is 229 Å². The van der Waals surface area contributed by atoms with E-state index in [2.05, 4.69) is 5.32 Å². The standard InChI is InChI=1S/C28H32ClN3O5S/c1-4-26(28(34)30-2)31(19-18-21-8-6-5-7-9-21)27(33)20-32(23-12-10-22(29)11-13-23)38(35,36)25-16-14-24(37-3)15-17-25/h5-17,26H,4,18-20H2,1-3H3,(H,30,34)/t26-/m0/s1. The summed E-state index contributed by atoms with van der Waals surface area (Å²) in [6.07, 6.45) is 0.874. The SMILES string of the molecule is CC[C@@H](C(=O)NC)N(CCc1ccccc1)C(=O)CN(c1ccc(Cl)cc1)S(=O)(=O)c1ccc(OC)cc1. The summed E-state index contributed by atoms with van der Waals surface area (Å²) < 4.78 is 33.8. The van der Waals surface area contributed by atoms with Crippen LogP contribution in [-0.2, 0) is 26.0 Å². The maximum absolute atomic E-state index is 13.8. The fraction of sp³-hybridized carbons (Fsp3) is 0.286. The Balaban J connectivity index is 1.99. The molecule has 1 atom stereocenters. The molecule has 0 unspecified atom stereocenters. The van der Waals surface area contributed by atoms with Crippen LogP contribution in [-0.4, -0.2) is 58.4 Å². The van der Waals surface area contributed by atoms with Gasteiger partial charge in [0.25, 0.3) is 10.0 Å². The third kappa shape index (κ3) is 7.05. The number of carbonyl (C=O) groups is 2. The molecule has 0 aliphatic rings. The largest absolute Gasteiger partial charge is 0.497 e. The van der Waals surface area contributed by atoms with Crippen molar-refractivity contribution in [1.82, 2.24) is 10.2 Å². The van der Waals surface area contributed by atoms with Crippen molar-refractivity contribution in [3.05, 3.63) is 89.4 Å². The first-order valence-electron chi connectivity index (χ1n) is 12.2. The first-order chi connectivity index (χ1) is 18.2. The molecule has 3 aromatic rings. The minimum absolute atomic E-state index is 0.00442. The molecule has 3 rings (SSSR count). The van der Waals surface area contributed by atoms with Crippen LogP contribution in [0.1, 0.15) is 18.9 Å². The molecule has 38 heavy (non-hydrogen) atoms. The predicted octanol–water partition coefficient (Wildman–Crippen LogP) is 4.14. The Morgan fingerprint density at radius 1 is 0.974 bits per heavy atom. The molecule has 0 heterocycles. The number of hydrogen-bond acceptors (Lipinski definition) is 5. The normalized spacial score (nSPS) is 11.9. The van der Waals surface area contributed by atoms with E-state index in [1.54, 1.807) is 36.4 Å². The van der Waals surface area contributed by atoms with Crippen molar-refractivity contribution in [1.29, 1.82) is 0 Å². The molecule has 0 radical (unpaired) electrons. The first kappa shape index (κ1) is 29.0. The number of amides is 2. The van der Waals surface area contributed by atoms with Crippen molar-refractivity contribution < 1.29 is 22.7 Å². The average Bonchev–Trinajstić information content (AvgIpc) is 2.94. The van der Waals surface area contributed by atoms with Gasteiger partial charge in [0.15, 0.2) is 0 Å². The van der Waals surface area contributed by atoms with Crippen molar-refractivity contribution in [3.8, 4) is 5.75 Å². The van der Waals surface area contributed by atoms with Crippen molar-refractivity contribution >= 4 is 39.1 Å². The minimum Gasteiger partial charge on any atom is -0.497 e. The molecule has 0 aromatic heterocycles. The van der Waals surface area contributed by atoms with Gasteiger partial charge >= 0.3 is 0 Å². The Bertz CT molecular complexity index is 1320. The van der Waals surface area contributed by atoms with Crippen LogP contribution < -0.4 is 14.4 Å². The van der Waals surface area contributed by atoms with E-state index in [4.69, 9.17) is 16.3 Å². The molecular formula is C28H32ClN3O5S. The molecule has 0 fully saturated rings. The number of anilines is 1. The quantitative estimate of drug-likeness (QED) is 0.361. The highest BCUT2D eigenvalue weighted by molar-refractivity contribution is 7.92. The molecule has 0 aliphatic heterocycles. The molecule has 0 saturated heterocycles. The van der Waals surface area contributed by atoms with Crippen molar-refractivity contribution in [2.24, 2.45) is 0 Å². The van der Waals surface area contributed by atoms with Gasteiger partial charge < -0.3 is 15.0 Å². The Morgan fingerprint density at radius 2 is 1.61 bits per heavy atom. The smallest absolute Gasteiger partial charge is 0.264 e. The zero-order chi connectivity index (χ0) is 27.7. The van der Waals surface area contributed by atoms with Crippen LogP contribution >= 0.6 is 11.6 Å². The Kier molecular flexibility index (Phi) is 10.2. The molecule has 0 bridgehead atoms. The minimum atomic E-state index is -4.16. The predicted molar refractivity (Wildman–Crippen MR) is 149 cm³/mol. The first-order valence-corrected chi connectivity index (χ1v) is 14.0. The number of rotatable bonds is 12. The van der Waals surface area contributed by atoms with Crippen LogP contribution in [0.3, 0.4) is 0 Å². The van der Waals surface area contributed by atoms with Crippen LogP contribution in [0.25, 0.3) is 0 Å². The second-order valence-electron chi connectivity index (χ2n) is 8.52. The Morgan fingerprint density at radius 3 is 2.16 bits per heavy atom. The summed E-state index contributed by atoms with van der Waals surface area (Å²) in [4.78, 5) is 28.0. The van der Waals surface area contributed by atoms with Crippen molar-refractivity contribution in [3.63, 3.8) is 0 Å². The third-order valence-electron chi connectivity index (χ3n) is 6.16. The maximum atomic E-state index is 13.8. The lowest BCUT2D eigenvalue weighted by Gasteiger charge is -2.33. The van der Waals surface area contributed by atoms with Gasteiger partial charge in [0.2, 0.25) is 11.8 Å². The van der Waals surface area contributed by atoms with Gasteiger partial charge in [-0.1, -0.05) is 48.9 Å². The molecular weight excluding hydrogens is 526 g/mol. The summed E-state index contributed by atoms with van der Waals surface area (Å²) in [5.74, 6) is -0.310. The number of ether oxygens (including phenoxy) is 1. The van der Waals surface area contributed by atoms with E-state index < -0.39 is 28.5 Å². The molecule has 202 valence electrons. The van der Waals surface area contributed by atoms with Gasteiger partial charge in [-0.25, -0.2) is 8.42 Å². The monoisotopic (exact) mass is 557 g/mol. The number of methoxy groups -OCH3 is 1. The molecule has 0 spiro atoms. The van der Waals surface area contributed by atoms with Gasteiger partial charge in [0.05, 0.1) is 17.7 Å². The van der Waals surface area contributed by atoms with Crippen LogP contribution in [0.4, 0.5) is 5.69 Å². The highest BCUT2D eigenvalue weighted by atomic mass is 35.5. The lowest BCUT2D eigenvalue weighted by atomic mass is 10.1. The van der Waals surface area contributed by atoms with Crippen LogP contribution in [0, 0.1) is 0 Å². The summed E-state index contributed by atoms with van der Waals surface area (Å²) in [7, 11) is -1.16. The molecule has 3 aromatic carbocycles. The van der Waals surface area contributed by atoms with Crippen LogP contribution in [0.2, 0.25) is 5.02 Å². The fourth-order valence-corrected chi connectivity index (χ4v) is 5.61. The maximum Gasteiger partial charge on any atom is 0.264 e. The van der Waals surface area contributed by atoms with E-state index in [0.717, 1.165) is 9.87 Å². The summed E-state index contributed by atoms with van der Waals surface area (Å²) in [6, 6.07) is 21.0. The topological polar surface area (TPSA) is 96.0 Å². The lowest BCUT2D eigenvalue weighted by Crippen LogP contribution is -2.52. The summed E-state index contributed by atoms with van der Waals surface area (Å²) >= 11 is 6.05. The lowest BCUT2D eigenvalue weighted by molar-refractivity contribution is -0.139. The fourth-order valence-electron chi connectivity index (χ4n) is 4.07. The molecule has 8 nitrogen and oxygen atoms in total. The van der Waals surface area contributed by atoms with Gasteiger partial charge in [0, 0.05) is 18.6 Å². The van der Waals surface area contributed by atoms with Gasteiger partial charge in [0.1, 0.15) is 18.3 Å². The Hall–Kier alpha value is -3.56. The van der Waals surface area contributed by atoms with E-state index in [9.17, 15) is 18.0 Å². The van der Waals surface area contributed by atoms with Gasteiger partial charge in [-0.15, -0.1) is 0 Å². The molecule has 1 N–H and O–H groups in total. The summed E-state index contributed by atoms with van der Waals surface area (Å²) in [5.41, 5.74) is 1.27. The average molecular weight is 558 g/mol. The highest BCUT2D eigenvalue weighted by Gasteiger charge is 2.33. The third-order valence-corrected chi connectivity index (χ3v) is 8.20. The van der Waals surface area contributed by atoms with Crippen LogP contribution in [0.15, 0.2) is 83.8 Å². The second-order valence-corrected chi connectivity index (χ2v) is 10.8. The summed E-state index contributed by atoms with van der Waals surface area (Å²) in [6.45, 7) is 1.55. The molecule has 2 amide bonds. The van der Waals surface area contributed by atoms with E-state index >= 15 is 0 Å². The number of carbonyl (C=O) groups excluding carboxylic acids is 2. The molecule has 10 heteroatoms. The van der Waals surface area contributed by atoms with E-state index in [0.29, 0.717) is 23.6 Å². The number of halogens is 1. The zero-order valence-electron chi connectivity index (χ0n) is 21.6.